The van der Waals surface area contributed by atoms with Crippen molar-refractivity contribution in [1.82, 2.24) is 9.36 Å². The van der Waals surface area contributed by atoms with E-state index in [-0.39, 0.29) is 11.4 Å². The van der Waals surface area contributed by atoms with Gasteiger partial charge in [0.05, 0.1) is 22.4 Å². The van der Waals surface area contributed by atoms with Gasteiger partial charge in [-0.1, -0.05) is 31.5 Å². The number of nitrogens with zero attached hydrogens (tertiary/aromatic N) is 2. The minimum Gasteiger partial charge on any atom is -0.427 e. The lowest BCUT2D eigenvalue weighted by atomic mass is 9.97. The van der Waals surface area contributed by atoms with Crippen molar-refractivity contribution in [3.8, 4) is 23.0 Å². The van der Waals surface area contributed by atoms with Crippen molar-refractivity contribution < 1.29 is 19.1 Å². The van der Waals surface area contributed by atoms with Crippen LogP contribution in [-0.4, -0.2) is 21.3 Å². The van der Waals surface area contributed by atoms with Gasteiger partial charge in [-0.05, 0) is 70.0 Å². The Hall–Kier alpha value is -3.61. The fourth-order valence-electron chi connectivity index (χ4n) is 3.30. The lowest BCUT2D eigenvalue weighted by Gasteiger charge is -2.19. The maximum Gasteiger partial charge on any atom is 0.317 e. The zero-order valence-electron chi connectivity index (χ0n) is 19.8. The van der Waals surface area contributed by atoms with Crippen molar-refractivity contribution in [2.75, 3.05) is 0 Å². The highest BCUT2D eigenvalue weighted by Gasteiger charge is 2.30. The molecule has 2 aromatic carbocycles. The first-order chi connectivity index (χ1) is 15.6. The summed E-state index contributed by atoms with van der Waals surface area (Å²) in [6.07, 6.45) is 2.15. The van der Waals surface area contributed by atoms with E-state index in [2.05, 4.69) is 0 Å². The molecule has 0 aliphatic carbocycles. The van der Waals surface area contributed by atoms with Crippen LogP contribution in [0.25, 0.3) is 11.4 Å². The second-order valence-electron chi connectivity index (χ2n) is 8.88. The Bertz CT molecular complexity index is 1180. The summed E-state index contributed by atoms with van der Waals surface area (Å²) < 4.78 is 14.1. The van der Waals surface area contributed by atoms with E-state index in [9.17, 15) is 14.4 Å². The van der Waals surface area contributed by atoms with Crippen LogP contribution in [0.1, 0.15) is 53.0 Å². The van der Waals surface area contributed by atoms with Crippen LogP contribution in [0.15, 0.2) is 59.4 Å². The van der Waals surface area contributed by atoms with Crippen LogP contribution in [0.5, 0.6) is 11.6 Å². The summed E-state index contributed by atoms with van der Waals surface area (Å²) in [7, 11) is 0. The maximum atomic E-state index is 13.6. The van der Waals surface area contributed by atoms with Crippen molar-refractivity contribution in [2.45, 2.75) is 53.9 Å². The first-order valence-electron chi connectivity index (χ1n) is 11.1. The lowest BCUT2D eigenvalue weighted by molar-refractivity contribution is -0.143. The molecular formula is C26H30N2O5. The van der Waals surface area contributed by atoms with E-state index < -0.39 is 17.4 Å². The summed E-state index contributed by atoms with van der Waals surface area (Å²) in [6.45, 7) is 8.69. The molecule has 0 bridgehead atoms. The quantitative estimate of drug-likeness (QED) is 0.380. The molecule has 0 spiro atoms. The van der Waals surface area contributed by atoms with Crippen molar-refractivity contribution >= 4 is 11.9 Å². The highest BCUT2D eigenvalue weighted by Crippen LogP contribution is 2.28. The average Bonchev–Trinajstić information content (AvgIpc) is 3.03. The molecule has 3 rings (SSSR count). The third-order valence-electron chi connectivity index (χ3n) is 5.03. The van der Waals surface area contributed by atoms with Gasteiger partial charge in [0.1, 0.15) is 5.75 Å². The second-order valence-corrected chi connectivity index (χ2v) is 8.88. The first kappa shape index (κ1) is 24.0. The molecule has 174 valence electrons. The highest BCUT2D eigenvalue weighted by atomic mass is 16.5. The van der Waals surface area contributed by atoms with Gasteiger partial charge >= 0.3 is 11.9 Å². The number of rotatable bonds is 7. The molecule has 0 aliphatic rings. The summed E-state index contributed by atoms with van der Waals surface area (Å²) in [4.78, 5) is 37.8. The molecule has 0 radical (unpaired) electrons. The monoisotopic (exact) mass is 450 g/mol. The van der Waals surface area contributed by atoms with E-state index in [0.29, 0.717) is 29.1 Å². The minimum atomic E-state index is -0.743. The number of ether oxygens (including phenoxy) is 2. The summed E-state index contributed by atoms with van der Waals surface area (Å²) in [5, 5.41) is 0. The number of unbranched alkanes of at least 4 members (excludes halogenated alkanes) is 1. The smallest absolute Gasteiger partial charge is 0.317 e. The fourth-order valence-corrected chi connectivity index (χ4v) is 3.30. The number of benzene rings is 2. The van der Waals surface area contributed by atoms with Crippen LogP contribution in [0.4, 0.5) is 0 Å². The Balaban J connectivity index is 2.26. The molecule has 0 N–H and O–H groups in total. The summed E-state index contributed by atoms with van der Waals surface area (Å²) in [6, 6.07) is 15.9. The summed E-state index contributed by atoms with van der Waals surface area (Å²) in [5.74, 6) is -0.246. The number of hydrogen-bond donors (Lipinski definition) is 0. The van der Waals surface area contributed by atoms with E-state index in [0.717, 1.165) is 12.8 Å². The molecular weight excluding hydrogens is 420 g/mol. The number of hydrogen-bond acceptors (Lipinski definition) is 5. The topological polar surface area (TPSA) is 79.5 Å². The van der Waals surface area contributed by atoms with Gasteiger partial charge in [0.2, 0.25) is 5.88 Å². The molecule has 33 heavy (non-hydrogen) atoms. The number of aromatic nitrogens is 2. The van der Waals surface area contributed by atoms with E-state index in [1.807, 2.05) is 37.3 Å². The van der Waals surface area contributed by atoms with Gasteiger partial charge in [-0.3, -0.25) is 14.4 Å². The number of carbonyl (C=O) groups excluding carboxylic acids is 2. The number of carbonyl (C=O) groups is 2. The van der Waals surface area contributed by atoms with Gasteiger partial charge in [0.15, 0.2) is 0 Å². The molecule has 0 unspecified atom stereocenters. The molecule has 0 fully saturated rings. The summed E-state index contributed by atoms with van der Waals surface area (Å²) >= 11 is 0. The molecule has 0 aliphatic heterocycles. The van der Waals surface area contributed by atoms with Crippen LogP contribution >= 0.6 is 0 Å². The molecule has 0 saturated carbocycles. The van der Waals surface area contributed by atoms with Crippen LogP contribution in [0.3, 0.4) is 0 Å². The largest absolute Gasteiger partial charge is 0.427 e. The summed E-state index contributed by atoms with van der Waals surface area (Å²) in [5.41, 5.74) is 0.674. The standard InChI is InChI=1S/C26H30N2O5/c1-6-7-13-22-23(30)27(20-14-16-21(17-15-20)32-18(2)29)28(19-11-9-8-10-12-19)24(22)33-25(31)26(3,4)5/h8-12,14-17H,6-7,13H2,1-5H3. The second kappa shape index (κ2) is 9.90. The third-order valence-corrected chi connectivity index (χ3v) is 5.03. The van der Waals surface area contributed by atoms with E-state index in [1.165, 1.54) is 11.6 Å². The lowest BCUT2D eigenvalue weighted by Crippen LogP contribution is -2.27. The predicted molar refractivity (Wildman–Crippen MR) is 126 cm³/mol. The maximum absolute atomic E-state index is 13.6. The molecule has 0 amide bonds. The van der Waals surface area contributed by atoms with Gasteiger partial charge in [0.25, 0.3) is 5.56 Å². The van der Waals surface area contributed by atoms with Gasteiger partial charge in [0, 0.05) is 6.92 Å². The highest BCUT2D eigenvalue weighted by molar-refractivity contribution is 5.78. The van der Waals surface area contributed by atoms with Crippen LogP contribution in [0, 0.1) is 5.41 Å². The Morgan fingerprint density at radius 3 is 2.03 bits per heavy atom. The van der Waals surface area contributed by atoms with Crippen molar-refractivity contribution in [3.05, 3.63) is 70.5 Å². The predicted octanol–water partition coefficient (Wildman–Crippen LogP) is 4.85. The SMILES string of the molecule is CCCCc1c(OC(=O)C(C)(C)C)n(-c2ccccc2)n(-c2ccc(OC(C)=O)cc2)c1=O. The normalized spacial score (nSPS) is 11.3. The number of esters is 2. The molecule has 1 aromatic heterocycles. The Kier molecular flexibility index (Phi) is 7.21. The van der Waals surface area contributed by atoms with Crippen LogP contribution in [0.2, 0.25) is 0 Å². The van der Waals surface area contributed by atoms with Crippen molar-refractivity contribution in [1.29, 1.82) is 0 Å². The molecule has 0 saturated heterocycles. The minimum absolute atomic E-state index is 0.226. The fraction of sp³-hybridized carbons (Fsp3) is 0.346. The zero-order chi connectivity index (χ0) is 24.2. The zero-order valence-corrected chi connectivity index (χ0v) is 19.8. The van der Waals surface area contributed by atoms with E-state index >= 15 is 0 Å². The van der Waals surface area contributed by atoms with Crippen molar-refractivity contribution in [3.63, 3.8) is 0 Å². The molecule has 7 heteroatoms. The van der Waals surface area contributed by atoms with Crippen LogP contribution in [-0.2, 0) is 16.0 Å². The first-order valence-corrected chi connectivity index (χ1v) is 11.1. The van der Waals surface area contributed by atoms with Crippen LogP contribution < -0.4 is 15.0 Å². The van der Waals surface area contributed by atoms with Gasteiger partial charge < -0.3 is 9.47 Å². The molecule has 7 nitrogen and oxygen atoms in total. The molecule has 1 heterocycles. The van der Waals surface area contributed by atoms with E-state index in [1.54, 1.807) is 49.7 Å². The molecule has 0 atom stereocenters. The third kappa shape index (κ3) is 5.42. The molecule has 3 aromatic rings. The Morgan fingerprint density at radius 1 is 0.879 bits per heavy atom. The Labute approximate surface area is 193 Å². The van der Waals surface area contributed by atoms with Gasteiger partial charge in [-0.2, -0.15) is 0 Å². The average molecular weight is 451 g/mol. The number of para-hydroxylation sites is 1. The van der Waals surface area contributed by atoms with E-state index in [4.69, 9.17) is 9.47 Å². The van der Waals surface area contributed by atoms with Gasteiger partial charge in [-0.15, -0.1) is 0 Å². The Morgan fingerprint density at radius 2 is 1.48 bits per heavy atom. The van der Waals surface area contributed by atoms with Gasteiger partial charge in [-0.25, -0.2) is 9.36 Å². The van der Waals surface area contributed by atoms with Crippen molar-refractivity contribution in [2.24, 2.45) is 5.41 Å².